The summed E-state index contributed by atoms with van der Waals surface area (Å²) in [5.41, 5.74) is 2.72. The zero-order valence-electron chi connectivity index (χ0n) is 10.6. The third-order valence-electron chi connectivity index (χ3n) is 3.52. The van der Waals surface area contributed by atoms with Crippen molar-refractivity contribution >= 4 is 10.9 Å². The zero-order valence-corrected chi connectivity index (χ0v) is 10.6. The lowest BCUT2D eigenvalue weighted by Gasteiger charge is -2.14. The van der Waals surface area contributed by atoms with Crippen molar-refractivity contribution in [2.75, 3.05) is 0 Å². The number of hydrogen-bond acceptors (Lipinski definition) is 0. The second-order valence-corrected chi connectivity index (χ2v) is 4.84. The first-order valence-electron chi connectivity index (χ1n) is 6.43. The summed E-state index contributed by atoms with van der Waals surface area (Å²) < 4.78 is 2.34. The lowest BCUT2D eigenvalue weighted by molar-refractivity contribution is 0.614. The molecule has 1 nitrogen and oxygen atoms in total. The minimum atomic E-state index is 0.530. The van der Waals surface area contributed by atoms with Crippen molar-refractivity contribution in [1.82, 2.24) is 4.57 Å². The Hall–Kier alpha value is -2.02. The molecule has 0 fully saturated rings. The summed E-state index contributed by atoms with van der Waals surface area (Å²) in [4.78, 5) is 0. The standard InChI is InChI=1S/C17H17N/c1-14(15-7-3-2-4-8-15)13-18-12-11-16-9-5-6-10-17(16)18/h2-12,14H,13H2,1H3. The molecule has 18 heavy (non-hydrogen) atoms. The molecule has 0 N–H and O–H groups in total. The molecular formula is C17H17N. The minimum Gasteiger partial charge on any atom is -0.347 e. The predicted octanol–water partition coefficient (Wildman–Crippen LogP) is 4.45. The zero-order chi connectivity index (χ0) is 12.4. The Morgan fingerprint density at radius 3 is 2.44 bits per heavy atom. The lowest BCUT2D eigenvalue weighted by atomic mass is 10.0. The SMILES string of the molecule is CC(Cn1ccc2ccccc21)c1ccccc1. The van der Waals surface area contributed by atoms with Gasteiger partial charge in [0.15, 0.2) is 0 Å². The van der Waals surface area contributed by atoms with E-state index >= 15 is 0 Å². The van der Waals surface area contributed by atoms with Gasteiger partial charge in [0.05, 0.1) is 0 Å². The van der Waals surface area contributed by atoms with Crippen LogP contribution in [0, 0.1) is 0 Å². The minimum absolute atomic E-state index is 0.530. The summed E-state index contributed by atoms with van der Waals surface area (Å²) in [7, 11) is 0. The van der Waals surface area contributed by atoms with Gasteiger partial charge in [-0.15, -0.1) is 0 Å². The molecule has 3 aromatic rings. The molecule has 0 bridgehead atoms. The van der Waals surface area contributed by atoms with Gasteiger partial charge in [0.25, 0.3) is 0 Å². The number of rotatable bonds is 3. The Morgan fingerprint density at radius 1 is 0.889 bits per heavy atom. The molecule has 0 saturated heterocycles. The highest BCUT2D eigenvalue weighted by Crippen LogP contribution is 2.21. The van der Waals surface area contributed by atoms with Crippen LogP contribution < -0.4 is 0 Å². The maximum Gasteiger partial charge on any atom is 0.0480 e. The molecule has 0 radical (unpaired) electrons. The molecule has 1 aromatic heterocycles. The summed E-state index contributed by atoms with van der Waals surface area (Å²) in [6.07, 6.45) is 2.18. The van der Waals surface area contributed by atoms with E-state index < -0.39 is 0 Å². The van der Waals surface area contributed by atoms with Gasteiger partial charge in [0.1, 0.15) is 0 Å². The molecule has 1 heterocycles. The van der Waals surface area contributed by atoms with Crippen molar-refractivity contribution in [1.29, 1.82) is 0 Å². The Labute approximate surface area is 108 Å². The van der Waals surface area contributed by atoms with Crippen LogP contribution in [0.15, 0.2) is 66.9 Å². The van der Waals surface area contributed by atoms with Crippen molar-refractivity contribution in [3.8, 4) is 0 Å². The molecule has 0 amide bonds. The average Bonchev–Trinajstić information content (AvgIpc) is 2.83. The molecule has 0 aliphatic heterocycles. The fourth-order valence-corrected chi connectivity index (χ4v) is 2.48. The van der Waals surface area contributed by atoms with Crippen LogP contribution in [0.2, 0.25) is 0 Å². The summed E-state index contributed by atoms with van der Waals surface area (Å²) in [5.74, 6) is 0.530. The second-order valence-electron chi connectivity index (χ2n) is 4.84. The van der Waals surface area contributed by atoms with Crippen LogP contribution in [0.5, 0.6) is 0 Å². The van der Waals surface area contributed by atoms with Crippen LogP contribution in [0.4, 0.5) is 0 Å². The Morgan fingerprint density at radius 2 is 1.61 bits per heavy atom. The van der Waals surface area contributed by atoms with E-state index in [1.54, 1.807) is 0 Å². The molecule has 3 rings (SSSR count). The van der Waals surface area contributed by atoms with E-state index in [0.717, 1.165) is 6.54 Å². The molecule has 1 atom stereocenters. The number of benzene rings is 2. The first kappa shape index (κ1) is 11.1. The van der Waals surface area contributed by atoms with E-state index in [-0.39, 0.29) is 0 Å². The average molecular weight is 235 g/mol. The second kappa shape index (κ2) is 4.69. The molecule has 90 valence electrons. The van der Waals surface area contributed by atoms with Crippen LogP contribution in [-0.4, -0.2) is 4.57 Å². The van der Waals surface area contributed by atoms with Crippen molar-refractivity contribution in [3.63, 3.8) is 0 Å². The number of aromatic nitrogens is 1. The third-order valence-corrected chi connectivity index (χ3v) is 3.52. The number of hydrogen-bond donors (Lipinski definition) is 0. The summed E-state index contributed by atoms with van der Waals surface area (Å²) in [6, 6.07) is 21.4. The maximum absolute atomic E-state index is 2.34. The molecular weight excluding hydrogens is 218 g/mol. The maximum atomic E-state index is 2.34. The van der Waals surface area contributed by atoms with Gasteiger partial charge in [-0.2, -0.15) is 0 Å². The Kier molecular flexibility index (Phi) is 2.89. The molecule has 2 aromatic carbocycles. The van der Waals surface area contributed by atoms with Gasteiger partial charge in [-0.1, -0.05) is 55.5 Å². The highest BCUT2D eigenvalue weighted by Gasteiger charge is 2.07. The summed E-state index contributed by atoms with van der Waals surface area (Å²) in [6.45, 7) is 3.31. The summed E-state index contributed by atoms with van der Waals surface area (Å²) >= 11 is 0. The van der Waals surface area contributed by atoms with E-state index in [4.69, 9.17) is 0 Å². The quantitative estimate of drug-likeness (QED) is 0.632. The highest BCUT2D eigenvalue weighted by atomic mass is 15.0. The van der Waals surface area contributed by atoms with Crippen molar-refractivity contribution < 1.29 is 0 Å². The van der Waals surface area contributed by atoms with E-state index in [0.29, 0.717) is 5.92 Å². The van der Waals surface area contributed by atoms with Crippen LogP contribution >= 0.6 is 0 Å². The van der Waals surface area contributed by atoms with Crippen LogP contribution in [0.3, 0.4) is 0 Å². The fraction of sp³-hybridized carbons (Fsp3) is 0.176. The Bertz CT molecular complexity index is 637. The first-order chi connectivity index (χ1) is 8.84. The molecule has 0 aliphatic carbocycles. The van der Waals surface area contributed by atoms with Gasteiger partial charge in [-0.05, 0) is 29.0 Å². The van der Waals surface area contributed by atoms with Crippen molar-refractivity contribution in [2.24, 2.45) is 0 Å². The van der Waals surface area contributed by atoms with Gasteiger partial charge in [-0.3, -0.25) is 0 Å². The molecule has 1 heteroatoms. The van der Waals surface area contributed by atoms with E-state index in [1.165, 1.54) is 16.5 Å². The molecule has 0 aliphatic rings. The molecule has 0 saturated carbocycles. The lowest BCUT2D eigenvalue weighted by Crippen LogP contribution is -2.04. The third kappa shape index (κ3) is 2.04. The van der Waals surface area contributed by atoms with E-state index in [2.05, 4.69) is 78.4 Å². The van der Waals surface area contributed by atoms with Crippen molar-refractivity contribution in [3.05, 3.63) is 72.4 Å². The fourth-order valence-electron chi connectivity index (χ4n) is 2.48. The normalized spacial score (nSPS) is 12.7. The Balaban J connectivity index is 1.89. The van der Waals surface area contributed by atoms with Gasteiger partial charge in [0.2, 0.25) is 0 Å². The van der Waals surface area contributed by atoms with E-state index in [9.17, 15) is 0 Å². The number of para-hydroxylation sites is 1. The smallest absolute Gasteiger partial charge is 0.0480 e. The van der Waals surface area contributed by atoms with Gasteiger partial charge in [-0.25, -0.2) is 0 Å². The number of nitrogens with zero attached hydrogens (tertiary/aromatic N) is 1. The van der Waals surface area contributed by atoms with Crippen LogP contribution in [-0.2, 0) is 6.54 Å². The topological polar surface area (TPSA) is 4.93 Å². The monoisotopic (exact) mass is 235 g/mol. The van der Waals surface area contributed by atoms with Gasteiger partial charge < -0.3 is 4.57 Å². The van der Waals surface area contributed by atoms with Crippen molar-refractivity contribution in [2.45, 2.75) is 19.4 Å². The van der Waals surface area contributed by atoms with Crippen LogP contribution in [0.25, 0.3) is 10.9 Å². The molecule has 1 unspecified atom stereocenters. The first-order valence-corrected chi connectivity index (χ1v) is 6.43. The summed E-state index contributed by atoms with van der Waals surface area (Å²) in [5, 5.41) is 1.32. The van der Waals surface area contributed by atoms with Gasteiger partial charge >= 0.3 is 0 Å². The highest BCUT2D eigenvalue weighted by molar-refractivity contribution is 5.79. The van der Waals surface area contributed by atoms with E-state index in [1.807, 2.05) is 0 Å². The molecule has 0 spiro atoms. The number of fused-ring (bicyclic) bond motifs is 1. The van der Waals surface area contributed by atoms with Gasteiger partial charge in [0, 0.05) is 18.3 Å². The van der Waals surface area contributed by atoms with Crippen LogP contribution in [0.1, 0.15) is 18.4 Å². The predicted molar refractivity (Wildman–Crippen MR) is 76.8 cm³/mol. The largest absolute Gasteiger partial charge is 0.347 e.